The Morgan fingerprint density at radius 3 is 2.00 bits per heavy atom. The molecule has 2 rings (SSSR count). The number of hydrogen-bond donors (Lipinski definition) is 3. The summed E-state index contributed by atoms with van der Waals surface area (Å²) in [6, 6.07) is 7.50. The normalized spacial score (nSPS) is 9.92. The van der Waals surface area contributed by atoms with E-state index in [0.717, 1.165) is 18.2 Å². The largest absolute Gasteiger partial charge is 0.497 e. The summed E-state index contributed by atoms with van der Waals surface area (Å²) in [5.41, 5.74) is 5.17. The van der Waals surface area contributed by atoms with E-state index in [-0.39, 0.29) is 16.4 Å². The van der Waals surface area contributed by atoms with Crippen molar-refractivity contribution in [3.63, 3.8) is 0 Å². The Bertz CT molecular complexity index is 760. The number of benzene rings is 2. The summed E-state index contributed by atoms with van der Waals surface area (Å²) in [6.07, 6.45) is 0. The SMILES string of the molecule is COc1cc(OC)cc(C(=O)NNC(=S)Nc2cc(F)cc(F)c2)c1. The standard InChI is InChI=1S/C16H15F2N3O3S/c1-23-13-3-9(4-14(8-13)24-2)15(22)20-21-16(25)19-12-6-10(17)5-11(18)7-12/h3-8H,1-2H3,(H,20,22)(H2,19,21,25). The molecule has 0 aliphatic rings. The smallest absolute Gasteiger partial charge is 0.269 e. The first-order valence-electron chi connectivity index (χ1n) is 6.98. The second-order valence-corrected chi connectivity index (χ2v) is 5.20. The second-order valence-electron chi connectivity index (χ2n) is 4.79. The number of carbonyl (C=O) groups excluding carboxylic acids is 1. The average Bonchev–Trinajstić information content (AvgIpc) is 2.58. The molecule has 0 radical (unpaired) electrons. The third-order valence-electron chi connectivity index (χ3n) is 3.02. The monoisotopic (exact) mass is 367 g/mol. The van der Waals surface area contributed by atoms with Crippen LogP contribution < -0.4 is 25.6 Å². The van der Waals surface area contributed by atoms with Crippen LogP contribution in [0.2, 0.25) is 0 Å². The van der Waals surface area contributed by atoms with Gasteiger partial charge in [0, 0.05) is 23.4 Å². The minimum Gasteiger partial charge on any atom is -0.497 e. The molecule has 0 heterocycles. The minimum absolute atomic E-state index is 0.0480. The Kier molecular flexibility index (Phi) is 6.07. The Morgan fingerprint density at radius 1 is 0.920 bits per heavy atom. The summed E-state index contributed by atoms with van der Waals surface area (Å²) in [7, 11) is 2.93. The highest BCUT2D eigenvalue weighted by molar-refractivity contribution is 7.80. The molecule has 9 heteroatoms. The van der Waals surface area contributed by atoms with Gasteiger partial charge in [-0.3, -0.25) is 15.6 Å². The summed E-state index contributed by atoms with van der Waals surface area (Å²) in [6.45, 7) is 0. The first-order valence-corrected chi connectivity index (χ1v) is 7.38. The molecule has 0 spiro atoms. The van der Waals surface area contributed by atoms with Gasteiger partial charge in [0.15, 0.2) is 5.11 Å². The van der Waals surface area contributed by atoms with Crippen molar-refractivity contribution < 1.29 is 23.0 Å². The number of amides is 1. The predicted octanol–water partition coefficient (Wildman–Crippen LogP) is 2.61. The van der Waals surface area contributed by atoms with Crippen LogP contribution in [-0.4, -0.2) is 25.2 Å². The predicted molar refractivity (Wildman–Crippen MR) is 92.7 cm³/mol. The number of nitrogens with one attached hydrogen (secondary N) is 3. The van der Waals surface area contributed by atoms with Crippen LogP contribution in [0.1, 0.15) is 10.4 Å². The van der Waals surface area contributed by atoms with E-state index in [0.29, 0.717) is 11.5 Å². The lowest BCUT2D eigenvalue weighted by Gasteiger charge is -2.13. The number of carbonyl (C=O) groups is 1. The van der Waals surface area contributed by atoms with Crippen LogP contribution in [0, 0.1) is 11.6 Å². The van der Waals surface area contributed by atoms with Crippen molar-refractivity contribution >= 4 is 28.9 Å². The van der Waals surface area contributed by atoms with Crippen LogP contribution in [0.15, 0.2) is 36.4 Å². The number of hydrazine groups is 1. The van der Waals surface area contributed by atoms with Crippen LogP contribution in [0.4, 0.5) is 14.5 Å². The Hall–Kier alpha value is -2.94. The number of rotatable bonds is 4. The molecule has 6 nitrogen and oxygen atoms in total. The van der Waals surface area contributed by atoms with E-state index in [1.54, 1.807) is 6.07 Å². The van der Waals surface area contributed by atoms with Gasteiger partial charge in [-0.2, -0.15) is 0 Å². The summed E-state index contributed by atoms with van der Waals surface area (Å²) >= 11 is 4.96. The van der Waals surface area contributed by atoms with Crippen molar-refractivity contribution in [1.29, 1.82) is 0 Å². The van der Waals surface area contributed by atoms with Crippen molar-refractivity contribution in [1.82, 2.24) is 10.9 Å². The summed E-state index contributed by atoms with van der Waals surface area (Å²) in [5.74, 6) is -1.12. The second kappa shape index (κ2) is 8.25. The van der Waals surface area contributed by atoms with E-state index in [2.05, 4.69) is 16.2 Å². The van der Waals surface area contributed by atoms with Crippen molar-refractivity contribution in [2.75, 3.05) is 19.5 Å². The highest BCUT2D eigenvalue weighted by Crippen LogP contribution is 2.22. The zero-order chi connectivity index (χ0) is 18.4. The summed E-state index contributed by atoms with van der Waals surface area (Å²) < 4.78 is 36.4. The van der Waals surface area contributed by atoms with Gasteiger partial charge in [0.05, 0.1) is 14.2 Å². The van der Waals surface area contributed by atoms with Gasteiger partial charge < -0.3 is 14.8 Å². The molecular formula is C16H15F2N3O3S. The number of thiocarbonyl (C=S) groups is 1. The molecule has 0 unspecified atom stereocenters. The highest BCUT2D eigenvalue weighted by atomic mass is 32.1. The lowest BCUT2D eigenvalue weighted by Crippen LogP contribution is -2.43. The Morgan fingerprint density at radius 2 is 1.48 bits per heavy atom. The number of hydrogen-bond acceptors (Lipinski definition) is 4. The fourth-order valence-corrected chi connectivity index (χ4v) is 2.08. The maximum Gasteiger partial charge on any atom is 0.269 e. The fraction of sp³-hybridized carbons (Fsp3) is 0.125. The molecule has 0 saturated heterocycles. The van der Waals surface area contributed by atoms with Gasteiger partial charge >= 0.3 is 0 Å². The van der Waals surface area contributed by atoms with E-state index in [1.807, 2.05) is 0 Å². The van der Waals surface area contributed by atoms with Gasteiger partial charge in [0.25, 0.3) is 5.91 Å². The van der Waals surface area contributed by atoms with Crippen LogP contribution in [0.5, 0.6) is 11.5 Å². The fourth-order valence-electron chi connectivity index (χ4n) is 1.91. The maximum absolute atomic E-state index is 13.1. The quantitative estimate of drug-likeness (QED) is 0.570. The molecule has 1 amide bonds. The number of halogens is 2. The lowest BCUT2D eigenvalue weighted by molar-refractivity contribution is 0.0943. The maximum atomic E-state index is 13.1. The van der Waals surface area contributed by atoms with Crippen molar-refractivity contribution in [3.05, 3.63) is 53.6 Å². The van der Waals surface area contributed by atoms with Crippen molar-refractivity contribution in [2.45, 2.75) is 0 Å². The molecule has 2 aromatic carbocycles. The van der Waals surface area contributed by atoms with Gasteiger partial charge in [0.2, 0.25) is 0 Å². The third kappa shape index (κ3) is 5.28. The van der Waals surface area contributed by atoms with E-state index in [4.69, 9.17) is 21.7 Å². The third-order valence-corrected chi connectivity index (χ3v) is 3.23. The van der Waals surface area contributed by atoms with Crippen LogP contribution in [0.3, 0.4) is 0 Å². The van der Waals surface area contributed by atoms with Gasteiger partial charge in [0.1, 0.15) is 23.1 Å². The Balaban J connectivity index is 1.98. The molecular weight excluding hydrogens is 352 g/mol. The van der Waals surface area contributed by atoms with E-state index in [9.17, 15) is 13.6 Å². The first-order chi connectivity index (χ1) is 11.9. The van der Waals surface area contributed by atoms with Gasteiger partial charge in [-0.1, -0.05) is 0 Å². The molecule has 0 atom stereocenters. The van der Waals surface area contributed by atoms with Gasteiger partial charge in [-0.15, -0.1) is 0 Å². The molecule has 0 aliphatic heterocycles. The van der Waals surface area contributed by atoms with E-state index in [1.165, 1.54) is 26.4 Å². The number of methoxy groups -OCH3 is 2. The molecule has 0 aromatic heterocycles. The minimum atomic E-state index is -0.752. The van der Waals surface area contributed by atoms with E-state index >= 15 is 0 Å². The first kappa shape index (κ1) is 18.4. The van der Waals surface area contributed by atoms with Crippen molar-refractivity contribution in [3.8, 4) is 11.5 Å². The lowest BCUT2D eigenvalue weighted by atomic mass is 10.2. The van der Waals surface area contributed by atoms with Crippen LogP contribution in [-0.2, 0) is 0 Å². The summed E-state index contributed by atoms with van der Waals surface area (Å²) in [4.78, 5) is 12.2. The number of anilines is 1. The summed E-state index contributed by atoms with van der Waals surface area (Å²) in [5, 5.41) is 2.50. The molecule has 132 valence electrons. The zero-order valence-electron chi connectivity index (χ0n) is 13.4. The van der Waals surface area contributed by atoms with Gasteiger partial charge in [-0.05, 0) is 36.5 Å². The molecule has 0 aliphatic carbocycles. The average molecular weight is 367 g/mol. The van der Waals surface area contributed by atoms with Crippen LogP contribution >= 0.6 is 12.2 Å². The molecule has 2 aromatic rings. The topological polar surface area (TPSA) is 71.6 Å². The molecule has 3 N–H and O–H groups in total. The van der Waals surface area contributed by atoms with Crippen molar-refractivity contribution in [2.24, 2.45) is 0 Å². The molecule has 0 bridgehead atoms. The Labute approximate surface area is 148 Å². The molecule has 0 saturated carbocycles. The van der Waals surface area contributed by atoms with Crippen LogP contribution in [0.25, 0.3) is 0 Å². The van der Waals surface area contributed by atoms with Gasteiger partial charge in [-0.25, -0.2) is 8.78 Å². The number of ether oxygens (including phenoxy) is 2. The zero-order valence-corrected chi connectivity index (χ0v) is 14.2. The highest BCUT2D eigenvalue weighted by Gasteiger charge is 2.10. The molecule has 0 fully saturated rings. The molecule has 25 heavy (non-hydrogen) atoms. The van der Waals surface area contributed by atoms with E-state index < -0.39 is 17.5 Å².